The number of benzene rings is 1. The number of nitrogens with one attached hydrogen (secondary N) is 1. The summed E-state index contributed by atoms with van der Waals surface area (Å²) in [5.41, 5.74) is 3.67. The smallest absolute Gasteiger partial charge is 0.142 e. The van der Waals surface area contributed by atoms with Crippen molar-refractivity contribution in [1.29, 1.82) is 0 Å². The summed E-state index contributed by atoms with van der Waals surface area (Å²) >= 11 is 5.98. The zero-order valence-electron chi connectivity index (χ0n) is 11.2. The number of halogens is 2. The molecule has 0 radical (unpaired) electrons. The van der Waals surface area contributed by atoms with E-state index in [0.717, 1.165) is 17.9 Å². The van der Waals surface area contributed by atoms with Gasteiger partial charge in [0.2, 0.25) is 0 Å². The summed E-state index contributed by atoms with van der Waals surface area (Å²) in [5.74, 6) is 6.10. The minimum atomic E-state index is -0.356. The van der Waals surface area contributed by atoms with Crippen molar-refractivity contribution < 1.29 is 4.39 Å². The number of nitrogens with two attached hydrogens (primary N) is 1. The lowest BCUT2D eigenvalue weighted by molar-refractivity contribution is 0.406. The van der Waals surface area contributed by atoms with E-state index in [2.05, 4.69) is 5.43 Å². The Morgan fingerprint density at radius 3 is 2.79 bits per heavy atom. The van der Waals surface area contributed by atoms with E-state index in [9.17, 15) is 4.39 Å². The summed E-state index contributed by atoms with van der Waals surface area (Å²) in [4.78, 5) is 0. The van der Waals surface area contributed by atoms with Crippen molar-refractivity contribution in [1.82, 2.24) is 5.43 Å². The Bertz CT molecular complexity index is 405. The lowest BCUT2D eigenvalue weighted by Gasteiger charge is -2.18. The van der Waals surface area contributed by atoms with Crippen LogP contribution in [0.2, 0.25) is 5.02 Å². The Morgan fingerprint density at radius 2 is 2.11 bits per heavy atom. The lowest BCUT2D eigenvalue weighted by Crippen LogP contribution is -2.37. The van der Waals surface area contributed by atoms with Crippen LogP contribution in [0.4, 0.5) is 4.39 Å². The van der Waals surface area contributed by atoms with Gasteiger partial charge in [0.05, 0.1) is 5.02 Å². The molecule has 1 aromatic carbocycles. The van der Waals surface area contributed by atoms with Crippen molar-refractivity contribution in [3.63, 3.8) is 0 Å². The van der Waals surface area contributed by atoms with Gasteiger partial charge in [0.1, 0.15) is 5.82 Å². The summed E-state index contributed by atoms with van der Waals surface area (Å²) in [6, 6.07) is 5.11. The fourth-order valence-electron chi connectivity index (χ4n) is 2.95. The van der Waals surface area contributed by atoms with Crippen LogP contribution in [0.15, 0.2) is 18.2 Å². The predicted molar refractivity (Wildman–Crippen MR) is 77.4 cm³/mol. The van der Waals surface area contributed by atoms with E-state index in [0.29, 0.717) is 6.42 Å². The number of rotatable bonds is 6. The fourth-order valence-corrected chi connectivity index (χ4v) is 3.15. The van der Waals surface area contributed by atoms with E-state index in [1.165, 1.54) is 38.2 Å². The van der Waals surface area contributed by atoms with E-state index in [1.54, 1.807) is 6.07 Å². The van der Waals surface area contributed by atoms with E-state index >= 15 is 0 Å². The van der Waals surface area contributed by atoms with Crippen LogP contribution in [0.5, 0.6) is 0 Å². The monoisotopic (exact) mass is 284 g/mol. The topological polar surface area (TPSA) is 38.0 Å². The lowest BCUT2D eigenvalue weighted by atomic mass is 9.95. The average Bonchev–Trinajstić information content (AvgIpc) is 2.92. The van der Waals surface area contributed by atoms with Crippen molar-refractivity contribution in [2.45, 2.75) is 51.0 Å². The average molecular weight is 285 g/mol. The minimum absolute atomic E-state index is 0.167. The third kappa shape index (κ3) is 4.16. The van der Waals surface area contributed by atoms with Crippen LogP contribution in [0, 0.1) is 11.7 Å². The Labute approximate surface area is 119 Å². The summed E-state index contributed by atoms with van der Waals surface area (Å²) in [5, 5.41) is 0.226. The molecule has 2 nitrogen and oxygen atoms in total. The molecule has 0 aliphatic heterocycles. The maximum Gasteiger partial charge on any atom is 0.142 e. The Hall–Kier alpha value is -0.640. The maximum absolute atomic E-state index is 13.4. The Balaban J connectivity index is 1.88. The zero-order valence-corrected chi connectivity index (χ0v) is 11.9. The number of hydrogen-bond donors (Lipinski definition) is 2. The summed E-state index contributed by atoms with van der Waals surface area (Å²) in [7, 11) is 0. The van der Waals surface area contributed by atoms with Gasteiger partial charge in [0.15, 0.2) is 0 Å². The van der Waals surface area contributed by atoms with Crippen molar-refractivity contribution in [2.24, 2.45) is 11.8 Å². The van der Waals surface area contributed by atoms with Crippen molar-refractivity contribution in [3.05, 3.63) is 34.6 Å². The highest BCUT2D eigenvalue weighted by Gasteiger charge is 2.18. The molecule has 3 N–H and O–H groups in total. The molecule has 2 rings (SSSR count). The molecule has 0 heterocycles. The molecule has 0 spiro atoms. The second-order valence-electron chi connectivity index (χ2n) is 5.51. The number of hydrogen-bond acceptors (Lipinski definition) is 2. The Morgan fingerprint density at radius 1 is 1.37 bits per heavy atom. The highest BCUT2D eigenvalue weighted by Crippen LogP contribution is 2.29. The van der Waals surface area contributed by atoms with Gasteiger partial charge in [-0.2, -0.15) is 0 Å². The van der Waals surface area contributed by atoms with Crippen LogP contribution in [0.25, 0.3) is 0 Å². The summed E-state index contributed by atoms with van der Waals surface area (Å²) in [6.07, 6.45) is 8.31. The minimum Gasteiger partial charge on any atom is -0.271 e. The van der Waals surface area contributed by atoms with Crippen LogP contribution in [-0.2, 0) is 6.42 Å². The van der Waals surface area contributed by atoms with Crippen molar-refractivity contribution in [3.8, 4) is 0 Å². The first-order valence-electron chi connectivity index (χ1n) is 7.09. The standard InChI is InChI=1S/C15H22ClFN2/c16-15-12(6-3-7-14(15)17)10-13(19-18)9-8-11-4-1-2-5-11/h3,6-7,11,13,19H,1-2,4-5,8-10,18H2. The molecule has 1 fully saturated rings. The molecule has 0 bridgehead atoms. The first-order chi connectivity index (χ1) is 9.20. The molecule has 0 saturated heterocycles. The second-order valence-corrected chi connectivity index (χ2v) is 5.89. The molecule has 4 heteroatoms. The molecular formula is C15H22ClFN2. The molecule has 19 heavy (non-hydrogen) atoms. The quantitative estimate of drug-likeness (QED) is 0.615. The number of hydrazine groups is 1. The van der Waals surface area contributed by atoms with E-state index in [4.69, 9.17) is 17.4 Å². The molecule has 1 saturated carbocycles. The van der Waals surface area contributed by atoms with Crippen molar-refractivity contribution >= 4 is 11.6 Å². The van der Waals surface area contributed by atoms with Gasteiger partial charge in [-0.3, -0.25) is 11.3 Å². The molecule has 1 unspecified atom stereocenters. The molecule has 1 aliphatic carbocycles. The van der Waals surface area contributed by atoms with E-state index in [1.807, 2.05) is 6.07 Å². The molecule has 0 amide bonds. The van der Waals surface area contributed by atoms with Crippen LogP contribution >= 0.6 is 11.6 Å². The van der Waals surface area contributed by atoms with Crippen LogP contribution in [0.3, 0.4) is 0 Å². The molecule has 0 aromatic heterocycles. The highest BCUT2D eigenvalue weighted by atomic mass is 35.5. The SMILES string of the molecule is NNC(CCC1CCCC1)Cc1cccc(F)c1Cl. The Kier molecular flexibility index (Phi) is 5.61. The molecule has 1 aromatic rings. The van der Waals surface area contributed by atoms with Gasteiger partial charge in [-0.05, 0) is 36.8 Å². The predicted octanol–water partition coefficient (Wildman–Crippen LogP) is 3.82. The molecular weight excluding hydrogens is 263 g/mol. The van der Waals surface area contributed by atoms with Gasteiger partial charge >= 0.3 is 0 Å². The van der Waals surface area contributed by atoms with Gasteiger partial charge in [-0.1, -0.05) is 49.4 Å². The molecule has 1 aliphatic rings. The van der Waals surface area contributed by atoms with Gasteiger partial charge in [0.25, 0.3) is 0 Å². The van der Waals surface area contributed by atoms with Gasteiger partial charge in [-0.15, -0.1) is 0 Å². The van der Waals surface area contributed by atoms with Crippen molar-refractivity contribution in [2.75, 3.05) is 0 Å². The van der Waals surface area contributed by atoms with Gasteiger partial charge in [-0.25, -0.2) is 4.39 Å². The largest absolute Gasteiger partial charge is 0.271 e. The fraction of sp³-hybridized carbons (Fsp3) is 0.600. The first kappa shape index (κ1) is 14.8. The third-order valence-electron chi connectivity index (χ3n) is 4.13. The van der Waals surface area contributed by atoms with E-state index < -0.39 is 0 Å². The zero-order chi connectivity index (χ0) is 13.7. The summed E-state index contributed by atoms with van der Waals surface area (Å²) < 4.78 is 13.4. The third-order valence-corrected chi connectivity index (χ3v) is 4.55. The van der Waals surface area contributed by atoms with Crippen LogP contribution < -0.4 is 11.3 Å². The van der Waals surface area contributed by atoms with E-state index in [-0.39, 0.29) is 16.9 Å². The molecule has 106 valence electrons. The molecule has 1 atom stereocenters. The summed E-state index contributed by atoms with van der Waals surface area (Å²) in [6.45, 7) is 0. The first-order valence-corrected chi connectivity index (χ1v) is 7.47. The van der Waals surface area contributed by atoms with Gasteiger partial charge in [0, 0.05) is 6.04 Å². The van der Waals surface area contributed by atoms with Gasteiger partial charge < -0.3 is 0 Å². The second kappa shape index (κ2) is 7.22. The van der Waals surface area contributed by atoms with Crippen LogP contribution in [-0.4, -0.2) is 6.04 Å². The maximum atomic E-state index is 13.4. The normalized spacial score (nSPS) is 17.8. The highest BCUT2D eigenvalue weighted by molar-refractivity contribution is 6.31. The van der Waals surface area contributed by atoms with Crippen LogP contribution in [0.1, 0.15) is 44.1 Å².